The van der Waals surface area contributed by atoms with Crippen molar-refractivity contribution in [2.45, 2.75) is 19.4 Å². The Kier molecular flexibility index (Phi) is 5.53. The summed E-state index contributed by atoms with van der Waals surface area (Å²) in [5.41, 5.74) is 1.87. The topological polar surface area (TPSA) is 81.5 Å². The predicted molar refractivity (Wildman–Crippen MR) is 107 cm³/mol. The number of aromatic nitrogens is 2. The van der Waals surface area contributed by atoms with Crippen molar-refractivity contribution in [2.24, 2.45) is 0 Å². The number of amides is 2. The SMILES string of the molecule is O=C(OCC(=O)N1CCCC1=O)c1cn(Cc2ccccc2)nc1-c1cccs1. The second-order valence-electron chi connectivity index (χ2n) is 6.67. The number of thiophene rings is 1. The number of nitrogens with zero attached hydrogens (tertiary/aromatic N) is 3. The molecule has 4 rings (SSSR count). The Hall–Kier alpha value is -3.26. The number of carbonyl (C=O) groups excluding carboxylic acids is 3. The van der Waals surface area contributed by atoms with Crippen LogP contribution in [-0.2, 0) is 20.9 Å². The fourth-order valence-electron chi connectivity index (χ4n) is 3.21. The lowest BCUT2D eigenvalue weighted by Crippen LogP contribution is -2.35. The van der Waals surface area contributed by atoms with Gasteiger partial charge in [-0.1, -0.05) is 36.4 Å². The highest BCUT2D eigenvalue weighted by molar-refractivity contribution is 7.13. The standard InChI is InChI=1S/C21H19N3O4S/c25-18-9-4-10-24(18)19(26)14-28-21(27)16-13-23(12-15-6-2-1-3-7-15)22-20(16)17-8-5-11-29-17/h1-3,5-8,11,13H,4,9-10,12,14H2. The van der Waals surface area contributed by atoms with E-state index in [2.05, 4.69) is 5.10 Å². The van der Waals surface area contributed by atoms with Crippen LogP contribution in [0.2, 0.25) is 0 Å². The minimum atomic E-state index is -0.632. The number of hydrogen-bond donors (Lipinski definition) is 0. The van der Waals surface area contributed by atoms with E-state index in [9.17, 15) is 14.4 Å². The quantitative estimate of drug-likeness (QED) is 0.585. The molecular formula is C21H19N3O4S. The molecule has 2 amide bonds. The molecule has 1 aromatic carbocycles. The van der Waals surface area contributed by atoms with E-state index < -0.39 is 18.5 Å². The Bertz CT molecular complexity index is 1030. The lowest BCUT2D eigenvalue weighted by atomic mass is 10.2. The van der Waals surface area contributed by atoms with Gasteiger partial charge < -0.3 is 4.74 Å². The number of rotatable bonds is 6. The predicted octanol–water partition coefficient (Wildman–Crippen LogP) is 2.97. The van der Waals surface area contributed by atoms with Gasteiger partial charge in [-0.15, -0.1) is 11.3 Å². The van der Waals surface area contributed by atoms with Crippen LogP contribution in [0.25, 0.3) is 10.6 Å². The molecule has 3 heterocycles. The van der Waals surface area contributed by atoms with Crippen LogP contribution in [0.4, 0.5) is 0 Å². The van der Waals surface area contributed by atoms with Crippen LogP contribution in [0.3, 0.4) is 0 Å². The van der Waals surface area contributed by atoms with E-state index in [0.29, 0.717) is 37.2 Å². The number of esters is 1. The van der Waals surface area contributed by atoms with E-state index >= 15 is 0 Å². The molecule has 0 atom stereocenters. The van der Waals surface area contributed by atoms with Crippen LogP contribution in [0, 0.1) is 0 Å². The molecule has 1 aliphatic heterocycles. The Morgan fingerprint density at radius 2 is 1.97 bits per heavy atom. The van der Waals surface area contributed by atoms with Crippen molar-refractivity contribution in [2.75, 3.05) is 13.2 Å². The molecular weight excluding hydrogens is 390 g/mol. The van der Waals surface area contributed by atoms with Crippen LogP contribution in [0.1, 0.15) is 28.8 Å². The van der Waals surface area contributed by atoms with Crippen LogP contribution in [0.15, 0.2) is 54.0 Å². The third-order valence-corrected chi connectivity index (χ3v) is 5.50. The fraction of sp³-hybridized carbons (Fsp3) is 0.238. The van der Waals surface area contributed by atoms with Crippen molar-refractivity contribution in [1.29, 1.82) is 0 Å². The van der Waals surface area contributed by atoms with Gasteiger partial charge in [0.2, 0.25) is 5.91 Å². The van der Waals surface area contributed by atoms with Gasteiger partial charge >= 0.3 is 5.97 Å². The number of benzene rings is 1. The molecule has 0 saturated carbocycles. The third kappa shape index (κ3) is 4.27. The van der Waals surface area contributed by atoms with Gasteiger partial charge in [0.1, 0.15) is 11.3 Å². The lowest BCUT2D eigenvalue weighted by molar-refractivity contribution is -0.143. The molecule has 7 nitrogen and oxygen atoms in total. The zero-order valence-electron chi connectivity index (χ0n) is 15.6. The van der Waals surface area contributed by atoms with Gasteiger partial charge in [0.15, 0.2) is 6.61 Å². The second-order valence-corrected chi connectivity index (χ2v) is 7.62. The lowest BCUT2D eigenvalue weighted by Gasteiger charge is -2.13. The molecule has 1 saturated heterocycles. The summed E-state index contributed by atoms with van der Waals surface area (Å²) in [6.45, 7) is 0.427. The van der Waals surface area contributed by atoms with Gasteiger partial charge in [0, 0.05) is 19.2 Å². The maximum atomic E-state index is 12.7. The van der Waals surface area contributed by atoms with Crippen molar-refractivity contribution in [3.05, 3.63) is 65.2 Å². The summed E-state index contributed by atoms with van der Waals surface area (Å²) >= 11 is 1.47. The molecule has 148 valence electrons. The summed E-state index contributed by atoms with van der Waals surface area (Å²) in [6.07, 6.45) is 2.64. The zero-order valence-corrected chi connectivity index (χ0v) is 16.4. The Balaban J connectivity index is 1.52. The summed E-state index contributed by atoms with van der Waals surface area (Å²) in [5.74, 6) is -1.34. The van der Waals surface area contributed by atoms with Crippen molar-refractivity contribution < 1.29 is 19.1 Å². The molecule has 0 radical (unpaired) electrons. The van der Waals surface area contributed by atoms with Crippen LogP contribution >= 0.6 is 11.3 Å². The summed E-state index contributed by atoms with van der Waals surface area (Å²) in [6, 6.07) is 13.6. The molecule has 2 aromatic heterocycles. The molecule has 0 bridgehead atoms. The monoisotopic (exact) mass is 409 g/mol. The number of likely N-dealkylation sites (tertiary alicyclic amines) is 1. The Morgan fingerprint density at radius 3 is 2.66 bits per heavy atom. The normalized spacial score (nSPS) is 13.7. The first-order chi connectivity index (χ1) is 14.1. The van der Waals surface area contributed by atoms with E-state index in [1.54, 1.807) is 10.9 Å². The van der Waals surface area contributed by atoms with Crippen LogP contribution in [0.5, 0.6) is 0 Å². The van der Waals surface area contributed by atoms with Crippen molar-refractivity contribution in [1.82, 2.24) is 14.7 Å². The van der Waals surface area contributed by atoms with Crippen LogP contribution < -0.4 is 0 Å². The summed E-state index contributed by atoms with van der Waals surface area (Å²) in [7, 11) is 0. The van der Waals surface area contributed by atoms with E-state index in [1.165, 1.54) is 11.3 Å². The highest BCUT2D eigenvalue weighted by atomic mass is 32.1. The molecule has 0 unspecified atom stereocenters. The third-order valence-electron chi connectivity index (χ3n) is 4.62. The van der Waals surface area contributed by atoms with E-state index in [-0.39, 0.29) is 5.91 Å². The van der Waals surface area contributed by atoms with E-state index in [4.69, 9.17) is 4.74 Å². The first-order valence-corrected chi connectivity index (χ1v) is 10.2. The number of ether oxygens (including phenoxy) is 1. The van der Waals surface area contributed by atoms with Crippen molar-refractivity contribution >= 4 is 29.1 Å². The number of carbonyl (C=O) groups is 3. The molecule has 29 heavy (non-hydrogen) atoms. The molecule has 8 heteroatoms. The van der Waals surface area contributed by atoms with Crippen molar-refractivity contribution in [3.8, 4) is 10.6 Å². The van der Waals surface area contributed by atoms with Gasteiger partial charge in [-0.25, -0.2) is 4.79 Å². The highest BCUT2D eigenvalue weighted by Gasteiger charge is 2.28. The Morgan fingerprint density at radius 1 is 1.14 bits per heavy atom. The van der Waals surface area contributed by atoms with Gasteiger partial charge in [0.25, 0.3) is 5.91 Å². The number of imide groups is 1. The van der Waals surface area contributed by atoms with Gasteiger partial charge in [-0.3, -0.25) is 19.2 Å². The molecule has 1 aliphatic rings. The van der Waals surface area contributed by atoms with Crippen molar-refractivity contribution in [3.63, 3.8) is 0 Å². The minimum absolute atomic E-state index is 0.221. The fourth-order valence-corrected chi connectivity index (χ4v) is 3.94. The average Bonchev–Trinajstić information content (AvgIpc) is 3.47. The van der Waals surface area contributed by atoms with Gasteiger partial charge in [-0.2, -0.15) is 5.10 Å². The summed E-state index contributed by atoms with van der Waals surface area (Å²) < 4.78 is 6.91. The van der Waals surface area contributed by atoms with Gasteiger partial charge in [0.05, 0.1) is 11.4 Å². The molecule has 0 aliphatic carbocycles. The van der Waals surface area contributed by atoms with Gasteiger partial charge in [-0.05, 0) is 23.4 Å². The van der Waals surface area contributed by atoms with Crippen LogP contribution in [-0.4, -0.2) is 45.6 Å². The van der Waals surface area contributed by atoms with E-state index in [0.717, 1.165) is 15.3 Å². The number of hydrogen-bond acceptors (Lipinski definition) is 6. The maximum absolute atomic E-state index is 12.7. The second kappa shape index (κ2) is 8.40. The minimum Gasteiger partial charge on any atom is -0.452 e. The summed E-state index contributed by atoms with van der Waals surface area (Å²) in [5, 5.41) is 6.47. The first kappa shape index (κ1) is 19.1. The zero-order chi connectivity index (χ0) is 20.2. The average molecular weight is 409 g/mol. The maximum Gasteiger partial charge on any atom is 0.342 e. The Labute approximate surface area is 171 Å². The van der Waals surface area contributed by atoms with E-state index in [1.807, 2.05) is 47.8 Å². The highest BCUT2D eigenvalue weighted by Crippen LogP contribution is 2.27. The molecule has 0 spiro atoms. The smallest absolute Gasteiger partial charge is 0.342 e. The molecule has 3 aromatic rings. The largest absolute Gasteiger partial charge is 0.452 e. The molecule has 1 fully saturated rings. The molecule has 0 N–H and O–H groups in total. The first-order valence-electron chi connectivity index (χ1n) is 9.27. The summed E-state index contributed by atoms with van der Waals surface area (Å²) in [4.78, 5) is 38.5.